The fourth-order valence-electron chi connectivity index (χ4n) is 2.42. The van der Waals surface area contributed by atoms with Gasteiger partial charge >= 0.3 is 6.03 Å². The molecule has 2 fully saturated rings. The van der Waals surface area contributed by atoms with Crippen molar-refractivity contribution >= 4 is 6.03 Å². The minimum absolute atomic E-state index is 0.00835. The predicted octanol–water partition coefficient (Wildman–Crippen LogP) is 0.330. The molecule has 2 amide bonds. The summed E-state index contributed by atoms with van der Waals surface area (Å²) in [6.45, 7) is 9.64. The van der Waals surface area contributed by atoms with Crippen LogP contribution in [0.4, 0.5) is 4.79 Å². The molecule has 0 aromatic heterocycles. The maximum Gasteiger partial charge on any atom is 0.315 e. The highest BCUT2D eigenvalue weighted by Crippen LogP contribution is 2.28. The zero-order valence-electron chi connectivity index (χ0n) is 11.8. The zero-order valence-corrected chi connectivity index (χ0v) is 11.8. The van der Waals surface area contributed by atoms with Gasteiger partial charge in [0.2, 0.25) is 0 Å². The van der Waals surface area contributed by atoms with Crippen LogP contribution in [0.1, 0.15) is 20.3 Å². The molecular formula is C13H26N4O. The van der Waals surface area contributed by atoms with Gasteiger partial charge in [0.15, 0.2) is 0 Å². The molecule has 0 spiro atoms. The van der Waals surface area contributed by atoms with Crippen molar-refractivity contribution in [3.63, 3.8) is 0 Å². The number of nitrogens with one attached hydrogen (secondary N) is 2. The van der Waals surface area contributed by atoms with Crippen LogP contribution >= 0.6 is 0 Å². The van der Waals surface area contributed by atoms with Crippen molar-refractivity contribution in [2.45, 2.75) is 32.4 Å². The molecule has 2 N–H and O–H groups in total. The Bertz CT molecular complexity index is 289. The first-order valence-electron chi connectivity index (χ1n) is 7.02. The summed E-state index contributed by atoms with van der Waals surface area (Å²) in [7, 11) is 2.16. The van der Waals surface area contributed by atoms with Gasteiger partial charge in [0.1, 0.15) is 0 Å². The van der Waals surface area contributed by atoms with Crippen molar-refractivity contribution < 1.29 is 4.79 Å². The van der Waals surface area contributed by atoms with Gasteiger partial charge in [0, 0.05) is 44.8 Å². The summed E-state index contributed by atoms with van der Waals surface area (Å²) in [5.41, 5.74) is 0. The summed E-state index contributed by atoms with van der Waals surface area (Å²) in [6, 6.07) is 0.606. The molecule has 2 rings (SSSR count). The van der Waals surface area contributed by atoms with E-state index in [1.54, 1.807) is 0 Å². The first-order valence-corrected chi connectivity index (χ1v) is 7.02. The highest BCUT2D eigenvalue weighted by atomic mass is 16.2. The molecule has 0 radical (unpaired) electrons. The number of hydrogen-bond acceptors (Lipinski definition) is 3. The molecule has 0 bridgehead atoms. The molecule has 5 heteroatoms. The Balaban J connectivity index is 1.62. The van der Waals surface area contributed by atoms with E-state index >= 15 is 0 Å². The van der Waals surface area contributed by atoms with E-state index in [1.807, 2.05) is 0 Å². The molecule has 104 valence electrons. The number of nitrogens with zero attached hydrogens (tertiary/aromatic N) is 2. The van der Waals surface area contributed by atoms with E-state index in [0.717, 1.165) is 39.1 Å². The van der Waals surface area contributed by atoms with Crippen LogP contribution in [0.15, 0.2) is 0 Å². The van der Waals surface area contributed by atoms with Crippen LogP contribution in [0.25, 0.3) is 0 Å². The zero-order chi connectivity index (χ0) is 13.1. The highest BCUT2D eigenvalue weighted by molar-refractivity contribution is 5.74. The highest BCUT2D eigenvalue weighted by Gasteiger charge is 2.34. The minimum Gasteiger partial charge on any atom is -0.335 e. The van der Waals surface area contributed by atoms with Gasteiger partial charge in [-0.25, -0.2) is 4.79 Å². The molecule has 1 heterocycles. The molecule has 2 aliphatic rings. The van der Waals surface area contributed by atoms with Crippen molar-refractivity contribution in [3.05, 3.63) is 0 Å². The normalized spacial score (nSPS) is 30.8. The molecule has 1 saturated heterocycles. The van der Waals surface area contributed by atoms with E-state index in [1.165, 1.54) is 0 Å². The fourth-order valence-corrected chi connectivity index (χ4v) is 2.42. The Morgan fingerprint density at radius 3 is 2.50 bits per heavy atom. The second kappa shape index (κ2) is 5.89. The Labute approximate surface area is 110 Å². The summed E-state index contributed by atoms with van der Waals surface area (Å²) in [5.74, 6) is 0.656. The summed E-state index contributed by atoms with van der Waals surface area (Å²) < 4.78 is 0. The smallest absolute Gasteiger partial charge is 0.315 e. The van der Waals surface area contributed by atoms with E-state index in [2.05, 4.69) is 41.3 Å². The number of rotatable bonds is 4. The monoisotopic (exact) mass is 254 g/mol. The van der Waals surface area contributed by atoms with Crippen LogP contribution in [0.2, 0.25) is 0 Å². The molecule has 5 nitrogen and oxygen atoms in total. The fraction of sp³-hybridized carbons (Fsp3) is 0.923. The van der Waals surface area contributed by atoms with Crippen molar-refractivity contribution in [2.75, 3.05) is 39.8 Å². The number of amides is 2. The average molecular weight is 254 g/mol. The van der Waals surface area contributed by atoms with Crippen LogP contribution in [0.3, 0.4) is 0 Å². The number of piperazine rings is 1. The van der Waals surface area contributed by atoms with Gasteiger partial charge in [-0.15, -0.1) is 0 Å². The summed E-state index contributed by atoms with van der Waals surface area (Å²) in [4.78, 5) is 16.5. The van der Waals surface area contributed by atoms with Crippen molar-refractivity contribution in [1.82, 2.24) is 20.4 Å². The Hall–Kier alpha value is -0.810. The Morgan fingerprint density at radius 1 is 1.33 bits per heavy atom. The third-order valence-corrected chi connectivity index (χ3v) is 3.93. The van der Waals surface area contributed by atoms with E-state index in [-0.39, 0.29) is 12.1 Å². The van der Waals surface area contributed by atoms with E-state index in [4.69, 9.17) is 0 Å². The number of carbonyl (C=O) groups is 1. The van der Waals surface area contributed by atoms with Crippen LogP contribution in [0, 0.1) is 5.92 Å². The van der Waals surface area contributed by atoms with Crippen LogP contribution in [0.5, 0.6) is 0 Å². The first kappa shape index (κ1) is 13.6. The minimum atomic E-state index is -0.00835. The molecule has 0 aromatic rings. The molecular weight excluding hydrogens is 228 g/mol. The lowest BCUT2D eigenvalue weighted by molar-refractivity contribution is 0.144. The predicted molar refractivity (Wildman–Crippen MR) is 72.6 cm³/mol. The number of hydrogen-bond donors (Lipinski definition) is 2. The van der Waals surface area contributed by atoms with Crippen molar-refractivity contribution in [1.29, 1.82) is 0 Å². The third kappa shape index (κ3) is 4.14. The van der Waals surface area contributed by atoms with E-state index in [9.17, 15) is 4.79 Å². The Kier molecular flexibility index (Phi) is 4.45. The topological polar surface area (TPSA) is 47.6 Å². The van der Waals surface area contributed by atoms with Crippen molar-refractivity contribution in [2.24, 2.45) is 5.92 Å². The summed E-state index contributed by atoms with van der Waals surface area (Å²) in [5, 5.41) is 6.03. The summed E-state index contributed by atoms with van der Waals surface area (Å²) >= 11 is 0. The quantitative estimate of drug-likeness (QED) is 0.760. The lowest BCUT2D eigenvalue weighted by Gasteiger charge is -2.34. The van der Waals surface area contributed by atoms with Crippen molar-refractivity contribution in [3.8, 4) is 0 Å². The molecule has 0 unspecified atom stereocenters. The summed E-state index contributed by atoms with van der Waals surface area (Å²) in [6.07, 6.45) is 1.13. The van der Waals surface area contributed by atoms with Gasteiger partial charge in [-0.2, -0.15) is 0 Å². The van der Waals surface area contributed by atoms with Crippen LogP contribution < -0.4 is 10.6 Å². The molecule has 1 aliphatic heterocycles. The van der Waals surface area contributed by atoms with Gasteiger partial charge in [0.25, 0.3) is 0 Å². The first-order chi connectivity index (χ1) is 8.54. The van der Waals surface area contributed by atoms with Gasteiger partial charge in [-0.3, -0.25) is 4.90 Å². The molecule has 1 saturated carbocycles. The second-order valence-electron chi connectivity index (χ2n) is 5.94. The lowest BCUT2D eigenvalue weighted by atomic mass is 10.2. The second-order valence-corrected chi connectivity index (χ2v) is 5.94. The molecule has 18 heavy (non-hydrogen) atoms. The maximum absolute atomic E-state index is 11.7. The van der Waals surface area contributed by atoms with Gasteiger partial charge in [-0.1, -0.05) is 6.92 Å². The number of carbonyl (C=O) groups excluding carboxylic acids is 1. The largest absolute Gasteiger partial charge is 0.335 e. The average Bonchev–Trinajstić information content (AvgIpc) is 2.97. The number of urea groups is 1. The van der Waals surface area contributed by atoms with E-state index in [0.29, 0.717) is 12.0 Å². The molecule has 0 aromatic carbocycles. The van der Waals surface area contributed by atoms with Crippen LogP contribution in [-0.2, 0) is 0 Å². The standard InChI is InChI=1S/C13H26N4O/c1-10-8-12(10)15-13(18)14-11(2)9-17-6-4-16(3)5-7-17/h10-12H,4-9H2,1-3H3,(H2,14,15,18)/t10-,11-,12+/m1/s1. The third-order valence-electron chi connectivity index (χ3n) is 3.93. The Morgan fingerprint density at radius 2 is 1.94 bits per heavy atom. The maximum atomic E-state index is 11.7. The van der Waals surface area contributed by atoms with E-state index < -0.39 is 0 Å². The molecule has 3 atom stereocenters. The number of likely N-dealkylation sites (N-methyl/N-ethyl adjacent to an activating group) is 1. The van der Waals surface area contributed by atoms with Gasteiger partial charge < -0.3 is 15.5 Å². The van der Waals surface area contributed by atoms with Gasteiger partial charge in [0.05, 0.1) is 0 Å². The lowest BCUT2D eigenvalue weighted by Crippen LogP contribution is -2.51. The SMILES string of the molecule is C[C@H](CN1CCN(C)CC1)NC(=O)N[C@H]1C[C@H]1C. The molecule has 1 aliphatic carbocycles. The van der Waals surface area contributed by atoms with Crippen LogP contribution in [-0.4, -0.2) is 67.7 Å². The van der Waals surface area contributed by atoms with Gasteiger partial charge in [-0.05, 0) is 26.3 Å².